The fraction of sp³-hybridized carbons (Fsp3) is 0.212. The number of carbonyl (C=O) groups is 2. The molecule has 1 N–H and O–H groups in total. The summed E-state index contributed by atoms with van der Waals surface area (Å²) in [5.41, 5.74) is 5.02. The largest absolute Gasteiger partial charge is 0.497 e. The summed E-state index contributed by atoms with van der Waals surface area (Å²) >= 11 is 0. The predicted molar refractivity (Wildman–Crippen MR) is 151 cm³/mol. The van der Waals surface area contributed by atoms with Crippen LogP contribution in [0.3, 0.4) is 0 Å². The molecule has 0 aliphatic rings. The Morgan fingerprint density at radius 2 is 1.32 bits per heavy atom. The molecule has 0 saturated carbocycles. The number of aryl methyl sites for hydroxylation is 1. The second-order valence-corrected chi connectivity index (χ2v) is 9.44. The first-order chi connectivity index (χ1) is 18.5. The van der Waals surface area contributed by atoms with Crippen LogP contribution in [0.15, 0.2) is 109 Å². The third-order valence-corrected chi connectivity index (χ3v) is 6.57. The van der Waals surface area contributed by atoms with Gasteiger partial charge in [-0.25, -0.2) is 0 Å². The minimum absolute atomic E-state index is 0.0987. The zero-order valence-corrected chi connectivity index (χ0v) is 22.0. The van der Waals surface area contributed by atoms with Gasteiger partial charge in [-0.3, -0.25) is 9.59 Å². The number of amides is 2. The molecule has 4 aromatic carbocycles. The van der Waals surface area contributed by atoms with Crippen molar-refractivity contribution in [2.75, 3.05) is 7.11 Å². The first-order valence-corrected chi connectivity index (χ1v) is 12.9. The Kier molecular flexibility index (Phi) is 9.30. The van der Waals surface area contributed by atoms with Gasteiger partial charge in [-0.05, 0) is 41.3 Å². The van der Waals surface area contributed by atoms with Gasteiger partial charge in [-0.1, -0.05) is 103 Å². The van der Waals surface area contributed by atoms with Crippen LogP contribution in [0.25, 0.3) is 0 Å². The highest BCUT2D eigenvalue weighted by molar-refractivity contribution is 5.88. The first-order valence-electron chi connectivity index (χ1n) is 12.9. The molecular weight excluding hydrogens is 472 g/mol. The van der Waals surface area contributed by atoms with Crippen molar-refractivity contribution in [3.63, 3.8) is 0 Å². The molecular formula is C33H34N2O3. The van der Waals surface area contributed by atoms with Crippen LogP contribution in [0.2, 0.25) is 0 Å². The highest BCUT2D eigenvalue weighted by atomic mass is 16.5. The molecule has 5 nitrogen and oxygen atoms in total. The Morgan fingerprint density at radius 3 is 1.92 bits per heavy atom. The molecule has 0 heterocycles. The van der Waals surface area contributed by atoms with Gasteiger partial charge < -0.3 is 15.0 Å². The van der Waals surface area contributed by atoms with E-state index in [9.17, 15) is 9.59 Å². The number of hydrogen-bond donors (Lipinski definition) is 1. The summed E-state index contributed by atoms with van der Waals surface area (Å²) in [6.07, 6.45) is 0.630. The van der Waals surface area contributed by atoms with Crippen molar-refractivity contribution >= 4 is 11.8 Å². The van der Waals surface area contributed by atoms with Crippen molar-refractivity contribution in [1.82, 2.24) is 10.2 Å². The average molecular weight is 507 g/mol. The van der Waals surface area contributed by atoms with Gasteiger partial charge in [0.1, 0.15) is 11.8 Å². The molecule has 2 amide bonds. The molecule has 4 rings (SSSR count). The Morgan fingerprint density at radius 1 is 0.737 bits per heavy atom. The lowest BCUT2D eigenvalue weighted by molar-refractivity contribution is -0.140. The van der Waals surface area contributed by atoms with Gasteiger partial charge in [0, 0.05) is 19.5 Å². The number of nitrogens with one attached hydrogen (secondary N) is 1. The van der Waals surface area contributed by atoms with E-state index in [-0.39, 0.29) is 18.2 Å². The van der Waals surface area contributed by atoms with E-state index >= 15 is 0 Å². The zero-order valence-electron chi connectivity index (χ0n) is 22.0. The Hall–Kier alpha value is -4.38. The van der Waals surface area contributed by atoms with Crippen LogP contribution in [-0.4, -0.2) is 29.9 Å². The van der Waals surface area contributed by atoms with Crippen LogP contribution in [0, 0.1) is 6.92 Å². The maximum Gasteiger partial charge on any atom is 0.243 e. The monoisotopic (exact) mass is 506 g/mol. The molecule has 0 radical (unpaired) electrons. The van der Waals surface area contributed by atoms with Crippen molar-refractivity contribution < 1.29 is 14.3 Å². The molecule has 5 heteroatoms. The fourth-order valence-electron chi connectivity index (χ4n) is 4.37. The Bertz CT molecular complexity index is 1300. The minimum atomic E-state index is -0.679. The average Bonchev–Trinajstić information content (AvgIpc) is 2.96. The number of carbonyl (C=O) groups excluding carboxylic acids is 2. The molecule has 194 valence electrons. The van der Waals surface area contributed by atoms with E-state index in [1.165, 1.54) is 5.56 Å². The molecule has 0 aromatic heterocycles. The van der Waals surface area contributed by atoms with Crippen LogP contribution in [0.5, 0.6) is 5.75 Å². The topological polar surface area (TPSA) is 58.6 Å². The highest BCUT2D eigenvalue weighted by Gasteiger charge is 2.30. The van der Waals surface area contributed by atoms with Crippen LogP contribution in [-0.2, 0) is 35.5 Å². The van der Waals surface area contributed by atoms with Crippen molar-refractivity contribution in [2.24, 2.45) is 0 Å². The second-order valence-electron chi connectivity index (χ2n) is 9.44. The lowest BCUT2D eigenvalue weighted by Crippen LogP contribution is -2.50. The number of rotatable bonds is 11. The van der Waals surface area contributed by atoms with Crippen LogP contribution < -0.4 is 10.1 Å². The summed E-state index contributed by atoms with van der Waals surface area (Å²) in [6, 6.07) is 34.5. The van der Waals surface area contributed by atoms with Gasteiger partial charge in [-0.15, -0.1) is 0 Å². The smallest absolute Gasteiger partial charge is 0.243 e. The highest BCUT2D eigenvalue weighted by Crippen LogP contribution is 2.19. The summed E-state index contributed by atoms with van der Waals surface area (Å²) in [4.78, 5) is 29.3. The van der Waals surface area contributed by atoms with E-state index in [0.29, 0.717) is 19.5 Å². The minimum Gasteiger partial charge on any atom is -0.497 e. The van der Waals surface area contributed by atoms with Gasteiger partial charge >= 0.3 is 0 Å². The van der Waals surface area contributed by atoms with Gasteiger partial charge in [0.2, 0.25) is 11.8 Å². The quantitative estimate of drug-likeness (QED) is 0.292. The molecule has 0 bridgehead atoms. The van der Waals surface area contributed by atoms with E-state index in [1.54, 1.807) is 12.0 Å². The predicted octanol–water partition coefficient (Wildman–Crippen LogP) is 5.50. The molecule has 0 aliphatic carbocycles. The van der Waals surface area contributed by atoms with E-state index in [1.807, 2.05) is 116 Å². The third kappa shape index (κ3) is 7.56. The summed E-state index contributed by atoms with van der Waals surface area (Å²) in [5, 5.41) is 3.09. The van der Waals surface area contributed by atoms with E-state index in [2.05, 4.69) is 5.32 Å². The summed E-state index contributed by atoms with van der Waals surface area (Å²) in [7, 11) is 1.62. The van der Waals surface area contributed by atoms with Gasteiger partial charge in [0.25, 0.3) is 0 Å². The number of ether oxygens (including phenoxy) is 1. The van der Waals surface area contributed by atoms with Gasteiger partial charge in [-0.2, -0.15) is 0 Å². The standard InChI is InChI=1S/C33H34N2O3/c1-25-13-15-28(16-14-25)23-34-33(37)31(21-26-9-5-3-6-10-26)35(24-29-17-19-30(38-2)20-18-29)32(36)22-27-11-7-4-8-12-27/h3-20,31H,21-24H2,1-2H3,(H,34,37). The molecule has 0 saturated heterocycles. The zero-order chi connectivity index (χ0) is 26.7. The SMILES string of the molecule is COc1ccc(CN(C(=O)Cc2ccccc2)C(Cc2ccccc2)C(=O)NCc2ccc(C)cc2)cc1. The second kappa shape index (κ2) is 13.2. The van der Waals surface area contributed by atoms with E-state index < -0.39 is 6.04 Å². The van der Waals surface area contributed by atoms with E-state index in [0.717, 1.165) is 28.0 Å². The molecule has 4 aromatic rings. The number of hydrogen-bond acceptors (Lipinski definition) is 3. The Labute approximate surface area is 225 Å². The molecule has 0 fully saturated rings. The lowest BCUT2D eigenvalue weighted by Gasteiger charge is -2.32. The normalized spacial score (nSPS) is 11.4. The molecule has 1 atom stereocenters. The van der Waals surface area contributed by atoms with Crippen molar-refractivity contribution in [3.8, 4) is 5.75 Å². The van der Waals surface area contributed by atoms with Crippen LogP contribution in [0.4, 0.5) is 0 Å². The summed E-state index contributed by atoms with van der Waals surface area (Å²) in [6.45, 7) is 2.74. The van der Waals surface area contributed by atoms with Crippen molar-refractivity contribution in [3.05, 3.63) is 137 Å². The molecule has 0 spiro atoms. The third-order valence-electron chi connectivity index (χ3n) is 6.57. The number of methoxy groups -OCH3 is 1. The van der Waals surface area contributed by atoms with Gasteiger partial charge in [0.15, 0.2) is 0 Å². The maximum absolute atomic E-state index is 13.8. The van der Waals surface area contributed by atoms with Crippen LogP contribution >= 0.6 is 0 Å². The Balaban J connectivity index is 1.63. The van der Waals surface area contributed by atoms with Crippen molar-refractivity contribution in [1.29, 1.82) is 0 Å². The maximum atomic E-state index is 13.8. The first kappa shape index (κ1) is 26.7. The summed E-state index contributed by atoms with van der Waals surface area (Å²) in [5.74, 6) is 0.468. The van der Waals surface area contributed by atoms with E-state index in [4.69, 9.17) is 4.74 Å². The molecule has 1 unspecified atom stereocenters. The molecule has 0 aliphatic heterocycles. The fourth-order valence-corrected chi connectivity index (χ4v) is 4.37. The molecule has 38 heavy (non-hydrogen) atoms. The number of benzene rings is 4. The lowest BCUT2D eigenvalue weighted by atomic mass is 10.0. The number of nitrogens with zero attached hydrogens (tertiary/aromatic N) is 1. The summed E-state index contributed by atoms with van der Waals surface area (Å²) < 4.78 is 5.30. The van der Waals surface area contributed by atoms with Gasteiger partial charge in [0.05, 0.1) is 13.5 Å². The van der Waals surface area contributed by atoms with Crippen molar-refractivity contribution in [2.45, 2.75) is 38.9 Å². The van der Waals surface area contributed by atoms with Crippen LogP contribution in [0.1, 0.15) is 27.8 Å².